The molecule has 0 unspecified atom stereocenters. The van der Waals surface area contributed by atoms with Crippen molar-refractivity contribution in [2.75, 3.05) is 0 Å². The lowest BCUT2D eigenvalue weighted by atomic mass is 10.1. The average molecular weight is 199 g/mol. The molecule has 0 aliphatic heterocycles. The van der Waals surface area contributed by atoms with Crippen LogP contribution in [0.15, 0.2) is 18.2 Å². The largest absolute Gasteiger partial charge is 0.504 e. The van der Waals surface area contributed by atoms with Gasteiger partial charge in [-0.3, -0.25) is 0 Å². The first kappa shape index (κ1) is 10.8. The van der Waals surface area contributed by atoms with Crippen molar-refractivity contribution in [2.24, 2.45) is 5.73 Å². The van der Waals surface area contributed by atoms with Crippen molar-refractivity contribution in [3.8, 4) is 11.5 Å². The van der Waals surface area contributed by atoms with Crippen molar-refractivity contribution in [2.45, 2.75) is 18.8 Å². The Balaban J connectivity index is 2.73. The highest BCUT2D eigenvalue weighted by Gasteiger charge is 2.12. The number of phenols is 2. The number of aliphatic hydroxyl groups is 2. The molecule has 1 rings (SSSR count). The second-order valence-corrected chi connectivity index (χ2v) is 3.10. The molecule has 14 heavy (non-hydrogen) atoms. The van der Waals surface area contributed by atoms with Crippen molar-refractivity contribution >= 4 is 0 Å². The summed E-state index contributed by atoms with van der Waals surface area (Å²) in [6.07, 6.45) is -1.38. The Morgan fingerprint density at radius 3 is 2.29 bits per heavy atom. The smallest absolute Gasteiger partial charge is 0.167 e. The molecule has 1 aromatic rings. The summed E-state index contributed by atoms with van der Waals surface area (Å²) in [4.78, 5) is 0. The molecule has 0 saturated heterocycles. The van der Waals surface area contributed by atoms with Crippen molar-refractivity contribution in [3.63, 3.8) is 0 Å². The van der Waals surface area contributed by atoms with Crippen LogP contribution in [0.25, 0.3) is 0 Å². The van der Waals surface area contributed by atoms with E-state index in [0.29, 0.717) is 5.56 Å². The summed E-state index contributed by atoms with van der Waals surface area (Å²) in [6.45, 7) is 0. The highest BCUT2D eigenvalue weighted by Crippen LogP contribution is 2.25. The Hall–Kier alpha value is -1.30. The summed E-state index contributed by atoms with van der Waals surface area (Å²) in [5.41, 5.74) is 6.02. The molecule has 78 valence electrons. The SMILES string of the molecule is N[C@@H](Cc1ccc(O)c(O)c1)C(O)O. The highest BCUT2D eigenvalue weighted by atomic mass is 16.5. The van der Waals surface area contributed by atoms with Gasteiger partial charge < -0.3 is 26.2 Å². The number of nitrogens with two attached hydrogens (primary N) is 1. The Bertz CT molecular complexity index is 314. The molecule has 5 heteroatoms. The van der Waals surface area contributed by atoms with Gasteiger partial charge in [0, 0.05) is 0 Å². The topological polar surface area (TPSA) is 107 Å². The molecule has 1 aromatic carbocycles. The molecule has 0 saturated carbocycles. The van der Waals surface area contributed by atoms with Crippen LogP contribution in [-0.4, -0.2) is 32.8 Å². The van der Waals surface area contributed by atoms with Gasteiger partial charge in [0.2, 0.25) is 0 Å². The highest BCUT2D eigenvalue weighted by molar-refractivity contribution is 5.40. The predicted molar refractivity (Wildman–Crippen MR) is 49.7 cm³/mol. The molecule has 0 bridgehead atoms. The second kappa shape index (κ2) is 4.28. The summed E-state index contributed by atoms with van der Waals surface area (Å²) in [5.74, 6) is -0.464. The van der Waals surface area contributed by atoms with E-state index in [4.69, 9.17) is 26.2 Å². The lowest BCUT2D eigenvalue weighted by Gasteiger charge is -2.13. The molecule has 6 N–H and O–H groups in total. The third-order valence-electron chi connectivity index (χ3n) is 1.89. The van der Waals surface area contributed by atoms with Crippen LogP contribution in [0.5, 0.6) is 11.5 Å². The van der Waals surface area contributed by atoms with E-state index in [1.807, 2.05) is 0 Å². The molecule has 0 amide bonds. The second-order valence-electron chi connectivity index (χ2n) is 3.10. The minimum absolute atomic E-state index is 0.214. The standard InChI is InChI=1S/C9H13NO4/c10-6(9(13)14)3-5-1-2-7(11)8(12)4-5/h1-2,4,6,9,11-14H,3,10H2/t6-/m0/s1. The van der Waals surface area contributed by atoms with Gasteiger partial charge in [0.25, 0.3) is 0 Å². The van der Waals surface area contributed by atoms with Gasteiger partial charge >= 0.3 is 0 Å². The number of rotatable bonds is 3. The average Bonchev–Trinajstić information content (AvgIpc) is 2.11. The van der Waals surface area contributed by atoms with Crippen molar-refractivity contribution in [3.05, 3.63) is 23.8 Å². The van der Waals surface area contributed by atoms with E-state index >= 15 is 0 Å². The van der Waals surface area contributed by atoms with Gasteiger partial charge in [0.1, 0.15) is 0 Å². The summed E-state index contributed by atoms with van der Waals surface area (Å²) in [5, 5.41) is 35.6. The summed E-state index contributed by atoms with van der Waals surface area (Å²) < 4.78 is 0. The molecular weight excluding hydrogens is 186 g/mol. The fourth-order valence-corrected chi connectivity index (χ4v) is 1.07. The fourth-order valence-electron chi connectivity index (χ4n) is 1.07. The van der Waals surface area contributed by atoms with Crippen LogP contribution >= 0.6 is 0 Å². The summed E-state index contributed by atoms with van der Waals surface area (Å²) >= 11 is 0. The van der Waals surface area contributed by atoms with Gasteiger partial charge in [-0.15, -0.1) is 0 Å². The van der Waals surface area contributed by atoms with Crippen LogP contribution in [0.3, 0.4) is 0 Å². The maximum Gasteiger partial charge on any atom is 0.167 e. The zero-order valence-electron chi connectivity index (χ0n) is 7.46. The molecule has 0 aliphatic rings. The van der Waals surface area contributed by atoms with E-state index in [1.54, 1.807) is 6.07 Å². The van der Waals surface area contributed by atoms with E-state index < -0.39 is 12.3 Å². The first-order valence-corrected chi connectivity index (χ1v) is 4.13. The van der Waals surface area contributed by atoms with E-state index in [0.717, 1.165) is 0 Å². The molecule has 0 aromatic heterocycles. The van der Waals surface area contributed by atoms with E-state index in [-0.39, 0.29) is 17.9 Å². The number of aliphatic hydroxyl groups excluding tert-OH is 1. The van der Waals surface area contributed by atoms with Crippen LogP contribution in [0, 0.1) is 0 Å². The normalized spacial score (nSPS) is 13.1. The van der Waals surface area contributed by atoms with Gasteiger partial charge in [-0.25, -0.2) is 0 Å². The maximum absolute atomic E-state index is 9.14. The van der Waals surface area contributed by atoms with Crippen LogP contribution in [0.4, 0.5) is 0 Å². The van der Waals surface area contributed by atoms with Crippen LogP contribution < -0.4 is 5.73 Å². The quantitative estimate of drug-likeness (QED) is 0.326. The molecule has 0 spiro atoms. The van der Waals surface area contributed by atoms with Crippen LogP contribution in [-0.2, 0) is 6.42 Å². The number of benzene rings is 1. The number of aromatic hydroxyl groups is 2. The molecule has 0 aliphatic carbocycles. The minimum Gasteiger partial charge on any atom is -0.504 e. The first-order chi connectivity index (χ1) is 6.50. The molecule has 5 nitrogen and oxygen atoms in total. The van der Waals surface area contributed by atoms with Crippen molar-refractivity contribution < 1.29 is 20.4 Å². The Morgan fingerprint density at radius 2 is 1.79 bits per heavy atom. The third-order valence-corrected chi connectivity index (χ3v) is 1.89. The van der Waals surface area contributed by atoms with Crippen molar-refractivity contribution in [1.29, 1.82) is 0 Å². The third kappa shape index (κ3) is 2.59. The molecule has 0 heterocycles. The zero-order chi connectivity index (χ0) is 10.7. The Morgan fingerprint density at radius 1 is 1.14 bits per heavy atom. The maximum atomic E-state index is 9.14. The lowest BCUT2D eigenvalue weighted by Crippen LogP contribution is -2.36. The lowest BCUT2D eigenvalue weighted by molar-refractivity contribution is -0.0577. The van der Waals surface area contributed by atoms with E-state index in [9.17, 15) is 0 Å². The Labute approximate surface area is 81.0 Å². The van der Waals surface area contributed by atoms with Crippen molar-refractivity contribution in [1.82, 2.24) is 0 Å². The molecule has 1 atom stereocenters. The molecule has 0 radical (unpaired) electrons. The van der Waals surface area contributed by atoms with E-state index in [2.05, 4.69) is 0 Å². The Kier molecular flexibility index (Phi) is 3.29. The zero-order valence-corrected chi connectivity index (χ0v) is 7.46. The minimum atomic E-state index is -1.59. The summed E-state index contributed by atoms with van der Waals surface area (Å²) in [6, 6.07) is 3.40. The fraction of sp³-hybridized carbons (Fsp3) is 0.333. The van der Waals surface area contributed by atoms with Gasteiger partial charge in [-0.05, 0) is 24.1 Å². The van der Waals surface area contributed by atoms with Gasteiger partial charge in [0.05, 0.1) is 6.04 Å². The number of phenolic OH excluding ortho intramolecular Hbond substituents is 2. The van der Waals surface area contributed by atoms with Crippen LogP contribution in [0.2, 0.25) is 0 Å². The number of hydrogen-bond donors (Lipinski definition) is 5. The molecular formula is C9H13NO4. The first-order valence-electron chi connectivity index (χ1n) is 4.13. The van der Waals surface area contributed by atoms with Gasteiger partial charge in [-0.2, -0.15) is 0 Å². The predicted octanol–water partition coefficient (Wildman–Crippen LogP) is -0.722. The van der Waals surface area contributed by atoms with Gasteiger partial charge in [0.15, 0.2) is 17.8 Å². The van der Waals surface area contributed by atoms with Gasteiger partial charge in [-0.1, -0.05) is 6.07 Å². The summed E-state index contributed by atoms with van der Waals surface area (Å²) in [7, 11) is 0. The van der Waals surface area contributed by atoms with Crippen LogP contribution in [0.1, 0.15) is 5.56 Å². The number of hydrogen-bond acceptors (Lipinski definition) is 5. The van der Waals surface area contributed by atoms with E-state index in [1.165, 1.54) is 12.1 Å². The molecule has 0 fully saturated rings. The monoisotopic (exact) mass is 199 g/mol.